The molecule has 0 amide bonds. The number of hydrogen-bond donors (Lipinski definition) is 0. The monoisotopic (exact) mass is 650 g/mol. The Morgan fingerprint density at radius 3 is 1.76 bits per heavy atom. The fourth-order valence-electron chi connectivity index (χ4n) is 10.5. The lowest BCUT2D eigenvalue weighted by Crippen LogP contribution is -2.25. The Balaban J connectivity index is 1.20. The molecule has 3 aliphatic carbocycles. The van der Waals surface area contributed by atoms with E-state index >= 15 is 0 Å². The van der Waals surface area contributed by atoms with Crippen LogP contribution in [0.4, 0.5) is 0 Å². The molecular formula is C51H38. The Labute approximate surface area is 300 Å². The maximum atomic E-state index is 2.57. The summed E-state index contributed by atoms with van der Waals surface area (Å²) in [6, 6.07) is 58.0. The Morgan fingerprint density at radius 1 is 0.392 bits per heavy atom. The van der Waals surface area contributed by atoms with Gasteiger partial charge in [-0.05, 0) is 125 Å². The van der Waals surface area contributed by atoms with Crippen molar-refractivity contribution >= 4 is 21.5 Å². The van der Waals surface area contributed by atoms with Crippen LogP contribution in [0.3, 0.4) is 0 Å². The van der Waals surface area contributed by atoms with E-state index in [2.05, 4.69) is 172 Å². The van der Waals surface area contributed by atoms with E-state index < -0.39 is 0 Å². The van der Waals surface area contributed by atoms with E-state index in [-0.39, 0.29) is 10.8 Å². The highest BCUT2D eigenvalue weighted by molar-refractivity contribution is 6.23. The van der Waals surface area contributed by atoms with Gasteiger partial charge in [-0.15, -0.1) is 0 Å². The molecule has 11 rings (SSSR count). The average molecular weight is 651 g/mol. The topological polar surface area (TPSA) is 0 Å². The molecule has 0 nitrogen and oxygen atoms in total. The van der Waals surface area contributed by atoms with Crippen molar-refractivity contribution in [2.75, 3.05) is 0 Å². The molecule has 0 aromatic heterocycles. The van der Waals surface area contributed by atoms with Crippen molar-refractivity contribution in [2.24, 2.45) is 0 Å². The van der Waals surface area contributed by atoms with E-state index in [0.717, 1.165) is 12.8 Å². The van der Waals surface area contributed by atoms with Gasteiger partial charge in [0, 0.05) is 10.8 Å². The first-order valence-corrected chi connectivity index (χ1v) is 18.4. The van der Waals surface area contributed by atoms with Crippen molar-refractivity contribution in [3.8, 4) is 44.5 Å². The van der Waals surface area contributed by atoms with Gasteiger partial charge in [-0.25, -0.2) is 0 Å². The third-order valence-electron chi connectivity index (χ3n) is 12.7. The summed E-state index contributed by atoms with van der Waals surface area (Å²) < 4.78 is 0. The molecule has 0 unspecified atom stereocenters. The molecule has 1 spiro atoms. The van der Waals surface area contributed by atoms with E-state index in [0.29, 0.717) is 0 Å². The number of hydrogen-bond acceptors (Lipinski definition) is 0. The lowest BCUT2D eigenvalue weighted by Gasteiger charge is -2.27. The summed E-state index contributed by atoms with van der Waals surface area (Å²) in [6.45, 7) is 7.00. The molecule has 0 radical (unpaired) electrons. The third-order valence-corrected chi connectivity index (χ3v) is 12.7. The highest BCUT2D eigenvalue weighted by Crippen LogP contribution is 2.58. The third kappa shape index (κ3) is 3.80. The fourth-order valence-corrected chi connectivity index (χ4v) is 10.5. The quantitative estimate of drug-likeness (QED) is 0.163. The van der Waals surface area contributed by atoms with Crippen LogP contribution < -0.4 is 0 Å². The van der Waals surface area contributed by atoms with Gasteiger partial charge >= 0.3 is 0 Å². The summed E-state index contributed by atoms with van der Waals surface area (Å²) >= 11 is 0. The first kappa shape index (κ1) is 29.1. The number of fused-ring (bicyclic) bond motifs is 11. The van der Waals surface area contributed by atoms with E-state index in [1.807, 2.05) is 0 Å². The summed E-state index contributed by atoms with van der Waals surface area (Å²) in [5, 5.41) is 5.27. The van der Waals surface area contributed by atoms with Crippen molar-refractivity contribution < 1.29 is 0 Å². The van der Waals surface area contributed by atoms with Crippen LogP contribution in [0, 0.1) is 6.92 Å². The van der Waals surface area contributed by atoms with Crippen molar-refractivity contribution in [2.45, 2.75) is 44.4 Å². The second-order valence-electron chi connectivity index (χ2n) is 15.8. The molecule has 0 saturated carbocycles. The van der Waals surface area contributed by atoms with Crippen LogP contribution >= 0.6 is 0 Å². The summed E-state index contributed by atoms with van der Waals surface area (Å²) in [5.74, 6) is 0. The Hall–Kier alpha value is -5.72. The molecule has 8 aromatic carbocycles. The van der Waals surface area contributed by atoms with Crippen molar-refractivity contribution in [1.29, 1.82) is 0 Å². The first-order chi connectivity index (χ1) is 24.9. The van der Waals surface area contributed by atoms with Crippen LogP contribution in [0.15, 0.2) is 152 Å². The summed E-state index contributed by atoms with van der Waals surface area (Å²) in [4.78, 5) is 0. The normalized spacial score (nSPS) is 15.5. The first-order valence-electron chi connectivity index (χ1n) is 18.4. The van der Waals surface area contributed by atoms with Crippen LogP contribution in [-0.2, 0) is 23.7 Å². The SMILES string of the molecule is Cc1ccc2c(-c3ccc4c(c3)C3(Cc5ccccc5C3)c3ccccc3-4)c3ccccc3c(-c3cccc4c3-c3ccccc3C4(C)C)c2c1. The predicted molar refractivity (Wildman–Crippen MR) is 215 cm³/mol. The minimum absolute atomic E-state index is 0.0431. The van der Waals surface area contributed by atoms with Gasteiger partial charge in [0.15, 0.2) is 0 Å². The zero-order valence-corrected chi connectivity index (χ0v) is 29.3. The van der Waals surface area contributed by atoms with Gasteiger partial charge in [0.25, 0.3) is 0 Å². The van der Waals surface area contributed by atoms with Gasteiger partial charge < -0.3 is 0 Å². The smallest absolute Gasteiger partial charge is 0.0296 e. The number of aryl methyl sites for hydroxylation is 1. The van der Waals surface area contributed by atoms with E-state index in [1.165, 1.54) is 105 Å². The minimum atomic E-state index is -0.0543. The Morgan fingerprint density at radius 2 is 0.980 bits per heavy atom. The lowest BCUT2D eigenvalue weighted by atomic mass is 9.74. The molecule has 3 aliphatic rings. The van der Waals surface area contributed by atoms with Crippen LogP contribution in [0.5, 0.6) is 0 Å². The predicted octanol–water partition coefficient (Wildman–Crippen LogP) is 13.0. The molecule has 0 bridgehead atoms. The van der Waals surface area contributed by atoms with Crippen molar-refractivity contribution in [1.82, 2.24) is 0 Å². The second-order valence-corrected chi connectivity index (χ2v) is 15.8. The lowest BCUT2D eigenvalue weighted by molar-refractivity contribution is 0.564. The maximum absolute atomic E-state index is 2.57. The molecule has 0 fully saturated rings. The molecule has 242 valence electrons. The summed E-state index contributed by atoms with van der Waals surface area (Å²) in [6.07, 6.45) is 2.10. The zero-order chi connectivity index (χ0) is 34.1. The Bertz CT molecular complexity index is 2770. The van der Waals surface area contributed by atoms with Gasteiger partial charge in [-0.2, -0.15) is 0 Å². The van der Waals surface area contributed by atoms with Crippen LogP contribution in [0.2, 0.25) is 0 Å². The molecule has 8 aromatic rings. The van der Waals surface area contributed by atoms with Crippen LogP contribution in [0.1, 0.15) is 52.8 Å². The van der Waals surface area contributed by atoms with Gasteiger partial charge in [-0.1, -0.05) is 165 Å². The summed E-state index contributed by atoms with van der Waals surface area (Å²) in [7, 11) is 0. The van der Waals surface area contributed by atoms with E-state index in [9.17, 15) is 0 Å². The zero-order valence-electron chi connectivity index (χ0n) is 29.3. The molecule has 0 aliphatic heterocycles. The molecule has 51 heavy (non-hydrogen) atoms. The standard InChI is InChI=1S/C51H38/c1-31-23-25-39-42(27-31)48(41-19-12-22-45-49(41)40-18-9-10-20-43(40)50(45,2)3)38-17-7-6-16-37(38)47(39)32-24-26-36-35-15-8-11-21-44(35)51(46(36)28-32)29-33-13-4-5-14-34(33)30-51/h4-28H,29-30H2,1-3H3. The largest absolute Gasteiger partial charge is 0.0620 e. The van der Waals surface area contributed by atoms with Gasteiger partial charge in [0.05, 0.1) is 0 Å². The van der Waals surface area contributed by atoms with Crippen LogP contribution in [0.25, 0.3) is 66.1 Å². The fraction of sp³-hybridized carbons (Fsp3) is 0.137. The molecular weight excluding hydrogens is 613 g/mol. The number of rotatable bonds is 2. The molecule has 0 atom stereocenters. The highest BCUT2D eigenvalue weighted by atomic mass is 14.5. The van der Waals surface area contributed by atoms with Gasteiger partial charge in [-0.3, -0.25) is 0 Å². The average Bonchev–Trinajstić information content (AvgIpc) is 3.76. The van der Waals surface area contributed by atoms with Crippen molar-refractivity contribution in [3.05, 3.63) is 191 Å². The van der Waals surface area contributed by atoms with Gasteiger partial charge in [0.1, 0.15) is 0 Å². The van der Waals surface area contributed by atoms with Gasteiger partial charge in [0.2, 0.25) is 0 Å². The molecule has 0 heteroatoms. The Kier molecular flexibility index (Phi) is 5.80. The van der Waals surface area contributed by atoms with Crippen molar-refractivity contribution in [3.63, 3.8) is 0 Å². The number of benzene rings is 8. The van der Waals surface area contributed by atoms with E-state index in [1.54, 1.807) is 0 Å². The summed E-state index contributed by atoms with van der Waals surface area (Å²) in [5.41, 5.74) is 20.8. The second kappa shape index (κ2) is 10.2. The molecule has 0 N–H and O–H groups in total. The maximum Gasteiger partial charge on any atom is 0.0296 e. The molecule has 0 heterocycles. The van der Waals surface area contributed by atoms with E-state index in [4.69, 9.17) is 0 Å². The van der Waals surface area contributed by atoms with Crippen LogP contribution in [-0.4, -0.2) is 0 Å². The minimum Gasteiger partial charge on any atom is -0.0620 e. The molecule has 0 saturated heterocycles. The highest BCUT2D eigenvalue weighted by Gasteiger charge is 2.47.